The number of allylic oxidation sites excluding steroid dienone is 6. The predicted molar refractivity (Wildman–Crippen MR) is 277 cm³/mol. The Hall–Kier alpha value is -1.93. The van der Waals surface area contributed by atoms with Gasteiger partial charge in [0.2, 0.25) is 0 Å². The number of unbranched alkanes of at least 4 members (excludes halogenated alkanes) is 29. The zero-order valence-corrected chi connectivity index (χ0v) is 44.3. The van der Waals surface area contributed by atoms with Crippen molar-refractivity contribution in [2.45, 2.75) is 288 Å². The molecule has 69 heavy (non-hydrogen) atoms. The standard InChI is InChI=1S/C55H101O13P/c1-3-5-7-9-11-13-15-17-19-21-22-23-24-25-26-28-30-32-34-36-38-40-42-44-49(57)67-47(46-66-69(63,64)68-55-53(61)51(59)50(58)52(60)54(55)62)45-65-48(56)43-41-39-37-35-33-31-29-27-20-18-16-14-12-10-8-6-4-2/h18,20,28,30,36,38,47,50-55,58-62H,3-17,19,21-27,29,31-35,37,39-46H2,1-2H3,(H,63,64)/b20-18+,30-28+,38-36+/t47-,50?,51-,52?,53?,54?,55?/m1/s1. The number of esters is 2. The molecule has 0 bridgehead atoms. The fourth-order valence-corrected chi connectivity index (χ4v) is 9.45. The topological polar surface area (TPSA) is 210 Å². The zero-order valence-electron chi connectivity index (χ0n) is 43.4. The van der Waals surface area contributed by atoms with Gasteiger partial charge in [-0.2, -0.15) is 0 Å². The lowest BCUT2D eigenvalue weighted by Gasteiger charge is -2.41. The smallest absolute Gasteiger partial charge is 0.462 e. The molecule has 0 aliphatic heterocycles. The van der Waals surface area contributed by atoms with Gasteiger partial charge in [-0.1, -0.05) is 198 Å². The Morgan fingerprint density at radius 1 is 0.435 bits per heavy atom. The molecule has 1 fully saturated rings. The molecule has 0 radical (unpaired) electrons. The summed E-state index contributed by atoms with van der Waals surface area (Å²) >= 11 is 0. The summed E-state index contributed by atoms with van der Waals surface area (Å²) in [6.07, 6.45) is 40.6. The van der Waals surface area contributed by atoms with Crippen LogP contribution in [0.5, 0.6) is 0 Å². The molecule has 404 valence electrons. The van der Waals surface area contributed by atoms with Crippen LogP contribution >= 0.6 is 7.82 Å². The average molecular weight is 1000 g/mol. The van der Waals surface area contributed by atoms with Crippen LogP contribution in [0.1, 0.15) is 245 Å². The number of carbonyl (C=O) groups is 2. The van der Waals surface area contributed by atoms with Crippen molar-refractivity contribution in [3.8, 4) is 0 Å². The number of carbonyl (C=O) groups excluding carboxylic acids is 2. The zero-order chi connectivity index (χ0) is 50.6. The van der Waals surface area contributed by atoms with E-state index in [1.54, 1.807) is 0 Å². The number of phosphoric ester groups is 1. The highest BCUT2D eigenvalue weighted by Gasteiger charge is 2.51. The molecule has 13 nitrogen and oxygen atoms in total. The maximum absolute atomic E-state index is 12.9. The van der Waals surface area contributed by atoms with Crippen LogP contribution in [0.2, 0.25) is 0 Å². The Kier molecular flexibility index (Phi) is 42.2. The first-order valence-corrected chi connectivity index (χ1v) is 29.3. The molecular weight excluding hydrogens is 900 g/mol. The monoisotopic (exact) mass is 1000 g/mol. The van der Waals surface area contributed by atoms with Crippen molar-refractivity contribution >= 4 is 19.8 Å². The van der Waals surface area contributed by atoms with Crippen LogP contribution in [0.4, 0.5) is 0 Å². The highest BCUT2D eigenvalue weighted by molar-refractivity contribution is 7.47. The molecule has 0 amide bonds. The van der Waals surface area contributed by atoms with Crippen LogP contribution in [-0.4, -0.2) is 98.3 Å². The number of aliphatic hydroxyl groups is 5. The van der Waals surface area contributed by atoms with Crippen molar-refractivity contribution < 1.29 is 63.1 Å². The molecule has 1 aliphatic rings. The SMILES string of the molecule is CCCCCCCC/C=C/CCCCCCCCCC(=O)OC[C@H](COP(=O)(O)OC1C(O)C(O)C(O)[C@@H](O)C1O)OC(=O)CCC/C=C/CC/C=C/CCCCCCCCCCCCCCCC. The van der Waals surface area contributed by atoms with Gasteiger partial charge in [-0.3, -0.25) is 18.6 Å². The van der Waals surface area contributed by atoms with Crippen LogP contribution < -0.4 is 0 Å². The average Bonchev–Trinajstić information content (AvgIpc) is 3.33. The first-order chi connectivity index (χ1) is 33.4. The summed E-state index contributed by atoms with van der Waals surface area (Å²) in [7, 11) is -5.14. The Morgan fingerprint density at radius 2 is 0.768 bits per heavy atom. The van der Waals surface area contributed by atoms with E-state index in [0.29, 0.717) is 19.3 Å². The summed E-state index contributed by atoms with van der Waals surface area (Å²) in [5, 5.41) is 50.3. The van der Waals surface area contributed by atoms with Gasteiger partial charge in [0.05, 0.1) is 6.61 Å². The molecule has 6 N–H and O–H groups in total. The van der Waals surface area contributed by atoms with Crippen molar-refractivity contribution in [3.63, 3.8) is 0 Å². The largest absolute Gasteiger partial charge is 0.472 e. The van der Waals surface area contributed by atoms with E-state index in [9.17, 15) is 44.6 Å². The number of hydrogen-bond donors (Lipinski definition) is 6. The van der Waals surface area contributed by atoms with Crippen molar-refractivity contribution in [2.75, 3.05) is 13.2 Å². The maximum Gasteiger partial charge on any atom is 0.472 e. The Labute approximate surface area is 418 Å². The third kappa shape index (κ3) is 36.6. The molecule has 0 aromatic carbocycles. The predicted octanol–water partition coefficient (Wildman–Crippen LogP) is 12.5. The second-order valence-corrected chi connectivity index (χ2v) is 20.8. The Bertz CT molecular complexity index is 1340. The van der Waals surface area contributed by atoms with E-state index in [4.69, 9.17) is 18.5 Å². The minimum atomic E-state index is -5.14. The second-order valence-electron chi connectivity index (χ2n) is 19.4. The van der Waals surface area contributed by atoms with E-state index < -0.39 is 75.7 Å². The van der Waals surface area contributed by atoms with Gasteiger partial charge in [0, 0.05) is 12.8 Å². The van der Waals surface area contributed by atoms with E-state index in [0.717, 1.165) is 51.4 Å². The molecule has 1 rings (SSSR count). The quantitative estimate of drug-likeness (QED) is 0.0145. The summed E-state index contributed by atoms with van der Waals surface area (Å²) in [6, 6.07) is 0. The van der Waals surface area contributed by atoms with Crippen molar-refractivity contribution in [1.29, 1.82) is 0 Å². The van der Waals surface area contributed by atoms with Gasteiger partial charge in [0.1, 0.15) is 43.2 Å². The molecule has 14 heteroatoms. The van der Waals surface area contributed by atoms with Gasteiger partial charge >= 0.3 is 19.8 Å². The first kappa shape index (κ1) is 65.1. The lowest BCUT2D eigenvalue weighted by atomic mass is 9.85. The molecule has 0 aromatic rings. The van der Waals surface area contributed by atoms with E-state index in [1.165, 1.54) is 148 Å². The van der Waals surface area contributed by atoms with Crippen molar-refractivity contribution in [2.24, 2.45) is 0 Å². The summed E-state index contributed by atoms with van der Waals surface area (Å²) in [5.41, 5.74) is 0. The van der Waals surface area contributed by atoms with Crippen LogP contribution in [-0.2, 0) is 32.7 Å². The molecule has 6 unspecified atom stereocenters. The first-order valence-electron chi connectivity index (χ1n) is 27.8. The number of aliphatic hydroxyl groups excluding tert-OH is 5. The van der Waals surface area contributed by atoms with Crippen molar-refractivity contribution in [1.82, 2.24) is 0 Å². The van der Waals surface area contributed by atoms with Gasteiger partial charge < -0.3 is 39.9 Å². The van der Waals surface area contributed by atoms with E-state index in [-0.39, 0.29) is 12.8 Å². The highest BCUT2D eigenvalue weighted by atomic mass is 31.2. The fourth-order valence-electron chi connectivity index (χ4n) is 8.48. The Balaban J connectivity index is 2.38. The van der Waals surface area contributed by atoms with Crippen LogP contribution in [0.25, 0.3) is 0 Å². The molecule has 1 aliphatic carbocycles. The van der Waals surface area contributed by atoms with E-state index >= 15 is 0 Å². The second kappa shape index (κ2) is 44.7. The summed E-state index contributed by atoms with van der Waals surface area (Å²) in [6.45, 7) is 3.30. The summed E-state index contributed by atoms with van der Waals surface area (Å²) < 4.78 is 33.6. The minimum Gasteiger partial charge on any atom is -0.462 e. The van der Waals surface area contributed by atoms with Gasteiger partial charge in [-0.05, 0) is 70.6 Å². The van der Waals surface area contributed by atoms with Gasteiger partial charge in [0.15, 0.2) is 6.10 Å². The van der Waals surface area contributed by atoms with Gasteiger partial charge in [0.25, 0.3) is 0 Å². The third-order valence-corrected chi connectivity index (χ3v) is 13.9. The van der Waals surface area contributed by atoms with Crippen LogP contribution in [0.15, 0.2) is 36.5 Å². The summed E-state index contributed by atoms with van der Waals surface area (Å²) in [4.78, 5) is 35.9. The minimum absolute atomic E-state index is 0.0374. The molecular formula is C55H101O13P. The van der Waals surface area contributed by atoms with Crippen LogP contribution in [0.3, 0.4) is 0 Å². The number of ether oxygens (including phenoxy) is 2. The van der Waals surface area contributed by atoms with Crippen LogP contribution in [0, 0.1) is 0 Å². The molecule has 1 saturated carbocycles. The lowest BCUT2D eigenvalue weighted by molar-refractivity contribution is -0.220. The fraction of sp³-hybridized carbons (Fsp3) is 0.855. The normalized spacial score (nSPS) is 21.1. The molecule has 0 aromatic heterocycles. The van der Waals surface area contributed by atoms with E-state index in [2.05, 4.69) is 44.2 Å². The van der Waals surface area contributed by atoms with Gasteiger partial charge in [-0.15, -0.1) is 0 Å². The summed E-state index contributed by atoms with van der Waals surface area (Å²) in [5.74, 6) is -1.15. The number of hydrogen-bond acceptors (Lipinski definition) is 12. The Morgan fingerprint density at radius 3 is 1.19 bits per heavy atom. The number of phosphoric acid groups is 1. The van der Waals surface area contributed by atoms with Gasteiger partial charge in [-0.25, -0.2) is 4.57 Å². The molecule has 0 saturated heterocycles. The highest BCUT2D eigenvalue weighted by Crippen LogP contribution is 2.47. The lowest BCUT2D eigenvalue weighted by Crippen LogP contribution is -2.64. The molecule has 0 spiro atoms. The van der Waals surface area contributed by atoms with E-state index in [1.807, 2.05) is 6.08 Å². The molecule has 8 atom stereocenters. The number of rotatable bonds is 47. The van der Waals surface area contributed by atoms with Crippen molar-refractivity contribution in [3.05, 3.63) is 36.5 Å². The molecule has 0 heterocycles. The third-order valence-electron chi connectivity index (χ3n) is 12.9. The maximum atomic E-state index is 12.9.